The Morgan fingerprint density at radius 1 is 1.71 bits per heavy atom. The molecule has 0 saturated heterocycles. The summed E-state index contributed by atoms with van der Waals surface area (Å²) in [6.07, 6.45) is 5.18. The van der Waals surface area contributed by atoms with Crippen molar-refractivity contribution in [3.8, 4) is 0 Å². The fourth-order valence-electron chi connectivity index (χ4n) is 0.975. The molecule has 0 aromatic rings. The molecule has 1 heteroatoms. The summed E-state index contributed by atoms with van der Waals surface area (Å²) in [7, 11) is 0. The first kappa shape index (κ1) is 5.10. The zero-order valence-corrected chi connectivity index (χ0v) is 4.65. The number of aliphatic hydroxyl groups is 1. The Morgan fingerprint density at radius 3 is 2.57 bits per heavy atom. The standard InChI is InChI=1S/C6H11O/c1-6(7)4-2-3-5-6/h4,7H,2-3,5H2,1H3/t6-/m0/s1. The Hall–Kier alpha value is -0.0400. The topological polar surface area (TPSA) is 20.2 Å². The highest BCUT2D eigenvalue weighted by atomic mass is 16.3. The predicted molar refractivity (Wildman–Crippen MR) is 28.8 cm³/mol. The number of rotatable bonds is 0. The monoisotopic (exact) mass is 99.1 g/mol. The normalized spacial score (nSPS) is 28.3. The lowest BCUT2D eigenvalue weighted by Crippen LogP contribution is -2.17. The molecule has 1 aliphatic carbocycles. The van der Waals surface area contributed by atoms with Gasteiger partial charge in [0.25, 0.3) is 0 Å². The second-order valence-corrected chi connectivity index (χ2v) is 2.45. The quantitative estimate of drug-likeness (QED) is 0.482. The van der Waals surface area contributed by atoms with E-state index >= 15 is 0 Å². The summed E-state index contributed by atoms with van der Waals surface area (Å²) in [5.41, 5.74) is -0.431. The minimum absolute atomic E-state index is 0.431. The smallest absolute Gasteiger partial charge is 0.0651 e. The van der Waals surface area contributed by atoms with Crippen molar-refractivity contribution in [1.82, 2.24) is 0 Å². The van der Waals surface area contributed by atoms with Crippen molar-refractivity contribution in [2.75, 3.05) is 0 Å². The van der Waals surface area contributed by atoms with Gasteiger partial charge in [-0.2, -0.15) is 0 Å². The van der Waals surface area contributed by atoms with Crippen LogP contribution in [0.5, 0.6) is 0 Å². The van der Waals surface area contributed by atoms with E-state index < -0.39 is 5.60 Å². The lowest BCUT2D eigenvalue weighted by Gasteiger charge is -2.12. The van der Waals surface area contributed by atoms with Crippen molar-refractivity contribution in [2.45, 2.75) is 31.8 Å². The summed E-state index contributed by atoms with van der Waals surface area (Å²) in [6, 6.07) is 0. The van der Waals surface area contributed by atoms with Crippen molar-refractivity contribution >= 4 is 0 Å². The van der Waals surface area contributed by atoms with Gasteiger partial charge in [0.15, 0.2) is 0 Å². The Morgan fingerprint density at radius 2 is 2.43 bits per heavy atom. The van der Waals surface area contributed by atoms with Crippen LogP contribution in [-0.2, 0) is 0 Å². The molecule has 1 saturated carbocycles. The summed E-state index contributed by atoms with van der Waals surface area (Å²) in [4.78, 5) is 0. The fourth-order valence-corrected chi connectivity index (χ4v) is 0.975. The van der Waals surface area contributed by atoms with Crippen LogP contribution in [0.3, 0.4) is 0 Å². The second-order valence-electron chi connectivity index (χ2n) is 2.45. The summed E-state index contributed by atoms with van der Waals surface area (Å²) < 4.78 is 0. The molecule has 1 rings (SSSR count). The van der Waals surface area contributed by atoms with Gasteiger partial charge in [0.2, 0.25) is 0 Å². The van der Waals surface area contributed by atoms with Gasteiger partial charge in [-0.15, -0.1) is 0 Å². The molecule has 1 nitrogen and oxygen atoms in total. The lowest BCUT2D eigenvalue weighted by molar-refractivity contribution is 0.102. The maximum atomic E-state index is 9.14. The van der Waals surface area contributed by atoms with Crippen molar-refractivity contribution < 1.29 is 5.11 Å². The molecule has 0 aliphatic heterocycles. The Bertz CT molecular complexity index is 58.6. The fraction of sp³-hybridized carbons (Fsp3) is 0.833. The maximum Gasteiger partial charge on any atom is 0.0651 e. The molecule has 1 radical (unpaired) electrons. The maximum absolute atomic E-state index is 9.14. The molecule has 41 valence electrons. The summed E-state index contributed by atoms with van der Waals surface area (Å²) in [6.45, 7) is 1.86. The van der Waals surface area contributed by atoms with Crippen LogP contribution >= 0.6 is 0 Å². The van der Waals surface area contributed by atoms with Crippen LogP contribution in [0, 0.1) is 6.42 Å². The van der Waals surface area contributed by atoms with E-state index in [0.29, 0.717) is 0 Å². The van der Waals surface area contributed by atoms with Gasteiger partial charge in [0.1, 0.15) is 0 Å². The molecule has 1 N–H and O–H groups in total. The number of hydrogen-bond donors (Lipinski definition) is 1. The summed E-state index contributed by atoms with van der Waals surface area (Å²) in [5, 5.41) is 9.14. The molecule has 0 bridgehead atoms. The van der Waals surface area contributed by atoms with Crippen molar-refractivity contribution in [2.24, 2.45) is 0 Å². The molecule has 7 heavy (non-hydrogen) atoms. The average Bonchev–Trinajstić information content (AvgIpc) is 1.84. The summed E-state index contributed by atoms with van der Waals surface area (Å²) >= 11 is 0. The minimum Gasteiger partial charge on any atom is -0.390 e. The molecule has 0 amide bonds. The summed E-state index contributed by atoms with van der Waals surface area (Å²) in [5.74, 6) is 0. The van der Waals surface area contributed by atoms with E-state index in [9.17, 15) is 0 Å². The first-order valence-electron chi connectivity index (χ1n) is 2.77. The predicted octanol–water partition coefficient (Wildman–Crippen LogP) is 1.13. The Balaban J connectivity index is 2.40. The zero-order valence-electron chi connectivity index (χ0n) is 4.65. The van der Waals surface area contributed by atoms with E-state index in [0.717, 1.165) is 19.3 Å². The third kappa shape index (κ3) is 1.16. The van der Waals surface area contributed by atoms with Crippen molar-refractivity contribution in [3.63, 3.8) is 0 Å². The first-order chi connectivity index (χ1) is 3.21. The Kier molecular flexibility index (Phi) is 1.08. The van der Waals surface area contributed by atoms with Crippen LogP contribution < -0.4 is 0 Å². The lowest BCUT2D eigenvalue weighted by atomic mass is 10.1. The van der Waals surface area contributed by atoms with Gasteiger partial charge < -0.3 is 5.11 Å². The van der Waals surface area contributed by atoms with E-state index in [-0.39, 0.29) is 0 Å². The largest absolute Gasteiger partial charge is 0.390 e. The molecule has 0 spiro atoms. The number of hydrogen-bond acceptors (Lipinski definition) is 1. The molecule has 1 atom stereocenters. The van der Waals surface area contributed by atoms with Crippen molar-refractivity contribution in [3.05, 3.63) is 6.42 Å². The second kappa shape index (κ2) is 1.48. The van der Waals surface area contributed by atoms with Crippen LogP contribution in [-0.4, -0.2) is 10.7 Å². The van der Waals surface area contributed by atoms with Gasteiger partial charge in [0.05, 0.1) is 5.60 Å². The third-order valence-electron chi connectivity index (χ3n) is 1.47. The van der Waals surface area contributed by atoms with Crippen LogP contribution in [0.15, 0.2) is 0 Å². The van der Waals surface area contributed by atoms with E-state index in [2.05, 4.69) is 0 Å². The van der Waals surface area contributed by atoms with Crippen LogP contribution in [0.25, 0.3) is 0 Å². The van der Waals surface area contributed by atoms with E-state index in [1.807, 2.05) is 13.3 Å². The molecule has 0 unspecified atom stereocenters. The molecule has 1 aliphatic rings. The van der Waals surface area contributed by atoms with Gasteiger partial charge in [-0.05, 0) is 26.2 Å². The highest BCUT2D eigenvalue weighted by Gasteiger charge is 2.24. The molecule has 0 aromatic carbocycles. The highest BCUT2D eigenvalue weighted by molar-refractivity contribution is 4.94. The van der Waals surface area contributed by atoms with Crippen LogP contribution in [0.1, 0.15) is 26.2 Å². The van der Waals surface area contributed by atoms with E-state index in [1.165, 1.54) is 0 Å². The van der Waals surface area contributed by atoms with E-state index in [1.54, 1.807) is 0 Å². The van der Waals surface area contributed by atoms with Gasteiger partial charge in [0, 0.05) is 0 Å². The van der Waals surface area contributed by atoms with Gasteiger partial charge in [-0.1, -0.05) is 6.42 Å². The molecular formula is C6H11O. The minimum atomic E-state index is -0.431. The zero-order chi connectivity index (χ0) is 5.33. The molecule has 0 aromatic heterocycles. The highest BCUT2D eigenvalue weighted by Crippen LogP contribution is 2.26. The first-order valence-corrected chi connectivity index (χ1v) is 2.77. The SMILES string of the molecule is C[C@]1(O)[CH]CCC1. The third-order valence-corrected chi connectivity index (χ3v) is 1.47. The van der Waals surface area contributed by atoms with Crippen molar-refractivity contribution in [1.29, 1.82) is 0 Å². The van der Waals surface area contributed by atoms with E-state index in [4.69, 9.17) is 5.11 Å². The van der Waals surface area contributed by atoms with Crippen LogP contribution in [0.2, 0.25) is 0 Å². The van der Waals surface area contributed by atoms with Gasteiger partial charge in [-0.3, -0.25) is 0 Å². The van der Waals surface area contributed by atoms with Gasteiger partial charge >= 0.3 is 0 Å². The van der Waals surface area contributed by atoms with Gasteiger partial charge in [-0.25, -0.2) is 0 Å². The average molecular weight is 99.2 g/mol. The molecular weight excluding hydrogens is 88.1 g/mol. The Labute approximate surface area is 44.4 Å². The molecule has 0 heterocycles. The molecule has 1 fully saturated rings. The van der Waals surface area contributed by atoms with Crippen LogP contribution in [0.4, 0.5) is 0 Å².